The highest BCUT2D eigenvalue weighted by Gasteiger charge is 2.24. The standard InChI is InChI=1S/C19H20O2/c1-14-8-12-17(13-9-14)18(19(20)21)15(2)10-11-16-6-4-3-5-7-16/h3-13,15,18H,1-2H3,(H,20,21)/b11-10+. The molecule has 0 amide bonds. The number of hydrogen-bond acceptors (Lipinski definition) is 1. The van der Waals surface area contributed by atoms with Crippen LogP contribution in [0.3, 0.4) is 0 Å². The number of aliphatic carboxylic acids is 1. The number of rotatable bonds is 5. The first kappa shape index (κ1) is 15.0. The number of hydrogen-bond donors (Lipinski definition) is 1. The normalized spacial score (nSPS) is 14.0. The molecule has 0 aliphatic heterocycles. The van der Waals surface area contributed by atoms with Crippen LogP contribution in [-0.4, -0.2) is 11.1 Å². The van der Waals surface area contributed by atoms with Gasteiger partial charge in [-0.15, -0.1) is 0 Å². The van der Waals surface area contributed by atoms with Gasteiger partial charge in [-0.2, -0.15) is 0 Å². The number of carbonyl (C=O) groups is 1. The van der Waals surface area contributed by atoms with Crippen LogP contribution in [0.25, 0.3) is 6.08 Å². The van der Waals surface area contributed by atoms with Crippen LogP contribution in [-0.2, 0) is 4.79 Å². The molecule has 2 aromatic rings. The van der Waals surface area contributed by atoms with Gasteiger partial charge in [0.05, 0.1) is 5.92 Å². The highest BCUT2D eigenvalue weighted by Crippen LogP contribution is 2.27. The molecule has 0 bridgehead atoms. The summed E-state index contributed by atoms with van der Waals surface area (Å²) >= 11 is 0. The summed E-state index contributed by atoms with van der Waals surface area (Å²) in [7, 11) is 0. The Bertz CT molecular complexity index is 612. The van der Waals surface area contributed by atoms with Crippen LogP contribution in [0.1, 0.15) is 29.5 Å². The summed E-state index contributed by atoms with van der Waals surface area (Å²) in [5.74, 6) is -1.39. The molecule has 21 heavy (non-hydrogen) atoms. The number of carboxylic acids is 1. The fourth-order valence-corrected chi connectivity index (χ4v) is 2.38. The lowest BCUT2D eigenvalue weighted by atomic mass is 9.86. The molecule has 0 fully saturated rings. The molecule has 0 radical (unpaired) electrons. The molecule has 2 unspecified atom stereocenters. The lowest BCUT2D eigenvalue weighted by Crippen LogP contribution is -2.18. The Morgan fingerprint density at radius 3 is 2.24 bits per heavy atom. The van der Waals surface area contributed by atoms with Crippen molar-refractivity contribution in [3.8, 4) is 0 Å². The van der Waals surface area contributed by atoms with Crippen LogP contribution >= 0.6 is 0 Å². The third kappa shape index (κ3) is 4.06. The Kier molecular flexibility index (Phi) is 4.94. The van der Waals surface area contributed by atoms with Crippen molar-refractivity contribution in [3.05, 3.63) is 77.4 Å². The summed E-state index contributed by atoms with van der Waals surface area (Å²) in [6.07, 6.45) is 3.95. The smallest absolute Gasteiger partial charge is 0.311 e. The summed E-state index contributed by atoms with van der Waals surface area (Å²) < 4.78 is 0. The van der Waals surface area contributed by atoms with E-state index >= 15 is 0 Å². The van der Waals surface area contributed by atoms with Gasteiger partial charge < -0.3 is 5.11 Å². The van der Waals surface area contributed by atoms with Crippen LogP contribution < -0.4 is 0 Å². The summed E-state index contributed by atoms with van der Waals surface area (Å²) in [6.45, 7) is 3.94. The maximum Gasteiger partial charge on any atom is 0.311 e. The average molecular weight is 280 g/mol. The average Bonchev–Trinajstić information content (AvgIpc) is 2.48. The van der Waals surface area contributed by atoms with Gasteiger partial charge in [0.25, 0.3) is 0 Å². The summed E-state index contributed by atoms with van der Waals surface area (Å²) in [4.78, 5) is 11.6. The van der Waals surface area contributed by atoms with Gasteiger partial charge in [0, 0.05) is 0 Å². The van der Waals surface area contributed by atoms with Crippen molar-refractivity contribution in [1.29, 1.82) is 0 Å². The van der Waals surface area contributed by atoms with E-state index in [1.165, 1.54) is 0 Å². The first-order valence-corrected chi connectivity index (χ1v) is 7.10. The third-order valence-electron chi connectivity index (χ3n) is 3.62. The van der Waals surface area contributed by atoms with Crippen LogP contribution in [0.2, 0.25) is 0 Å². The van der Waals surface area contributed by atoms with E-state index in [0.717, 1.165) is 16.7 Å². The molecular formula is C19H20O2. The van der Waals surface area contributed by atoms with Gasteiger partial charge in [0.15, 0.2) is 0 Å². The maximum atomic E-state index is 11.6. The molecule has 1 N–H and O–H groups in total. The van der Waals surface area contributed by atoms with Gasteiger partial charge in [-0.1, -0.05) is 79.2 Å². The molecule has 0 spiro atoms. The number of aryl methyl sites for hydroxylation is 1. The van der Waals surface area contributed by atoms with Crippen LogP contribution in [0.5, 0.6) is 0 Å². The first-order valence-electron chi connectivity index (χ1n) is 7.10. The van der Waals surface area contributed by atoms with Gasteiger partial charge in [-0.3, -0.25) is 4.79 Å². The second-order valence-corrected chi connectivity index (χ2v) is 5.36. The summed E-state index contributed by atoms with van der Waals surface area (Å²) in [6, 6.07) is 17.6. The second-order valence-electron chi connectivity index (χ2n) is 5.36. The summed E-state index contributed by atoms with van der Waals surface area (Å²) in [5.41, 5.74) is 3.06. The SMILES string of the molecule is Cc1ccc(C(C(=O)O)C(C)/C=C/c2ccccc2)cc1. The van der Waals surface area contributed by atoms with Crippen LogP contribution in [0.15, 0.2) is 60.7 Å². The Morgan fingerprint density at radius 1 is 1.05 bits per heavy atom. The van der Waals surface area contributed by atoms with E-state index in [-0.39, 0.29) is 5.92 Å². The summed E-state index contributed by atoms with van der Waals surface area (Å²) in [5, 5.41) is 9.53. The van der Waals surface area contributed by atoms with Gasteiger partial charge in [0.1, 0.15) is 0 Å². The lowest BCUT2D eigenvalue weighted by molar-refractivity contribution is -0.139. The van der Waals surface area contributed by atoms with E-state index in [0.29, 0.717) is 0 Å². The van der Waals surface area contributed by atoms with Crippen molar-refractivity contribution in [2.45, 2.75) is 19.8 Å². The molecule has 0 aliphatic rings. The monoisotopic (exact) mass is 280 g/mol. The first-order chi connectivity index (χ1) is 10.1. The number of benzene rings is 2. The minimum Gasteiger partial charge on any atom is -0.481 e. The quantitative estimate of drug-likeness (QED) is 0.874. The van der Waals surface area contributed by atoms with Crippen molar-refractivity contribution in [2.24, 2.45) is 5.92 Å². The van der Waals surface area contributed by atoms with Crippen molar-refractivity contribution < 1.29 is 9.90 Å². The fraction of sp³-hybridized carbons (Fsp3) is 0.211. The molecule has 0 saturated heterocycles. The molecule has 2 atom stereocenters. The van der Waals surface area contributed by atoms with Crippen molar-refractivity contribution >= 4 is 12.0 Å². The predicted octanol–water partition coefficient (Wildman–Crippen LogP) is 4.51. The molecule has 2 rings (SSSR count). The Morgan fingerprint density at radius 2 is 1.67 bits per heavy atom. The molecule has 0 aromatic heterocycles. The van der Waals surface area contributed by atoms with E-state index < -0.39 is 11.9 Å². The zero-order valence-electron chi connectivity index (χ0n) is 12.4. The molecule has 0 saturated carbocycles. The zero-order valence-corrected chi connectivity index (χ0v) is 12.4. The van der Waals surface area contributed by atoms with E-state index in [4.69, 9.17) is 0 Å². The third-order valence-corrected chi connectivity index (χ3v) is 3.62. The van der Waals surface area contributed by atoms with E-state index in [2.05, 4.69) is 0 Å². The molecule has 2 aromatic carbocycles. The van der Waals surface area contributed by atoms with E-state index in [9.17, 15) is 9.90 Å². The van der Waals surface area contributed by atoms with Gasteiger partial charge in [-0.05, 0) is 24.0 Å². The van der Waals surface area contributed by atoms with Gasteiger partial charge in [-0.25, -0.2) is 0 Å². The lowest BCUT2D eigenvalue weighted by Gasteiger charge is -2.18. The minimum atomic E-state index is -0.788. The molecule has 108 valence electrons. The maximum absolute atomic E-state index is 11.6. The van der Waals surface area contributed by atoms with E-state index in [1.807, 2.05) is 80.6 Å². The molecule has 2 nitrogen and oxygen atoms in total. The molecular weight excluding hydrogens is 260 g/mol. The molecule has 0 aliphatic carbocycles. The number of carboxylic acid groups (broad SMARTS) is 1. The van der Waals surface area contributed by atoms with Crippen LogP contribution in [0.4, 0.5) is 0 Å². The topological polar surface area (TPSA) is 37.3 Å². The van der Waals surface area contributed by atoms with Crippen LogP contribution in [0, 0.1) is 12.8 Å². The van der Waals surface area contributed by atoms with Gasteiger partial charge >= 0.3 is 5.97 Å². The fourth-order valence-electron chi connectivity index (χ4n) is 2.38. The predicted molar refractivity (Wildman–Crippen MR) is 86.2 cm³/mol. The zero-order chi connectivity index (χ0) is 15.2. The molecule has 2 heteroatoms. The van der Waals surface area contributed by atoms with Crippen molar-refractivity contribution in [3.63, 3.8) is 0 Å². The van der Waals surface area contributed by atoms with E-state index in [1.54, 1.807) is 0 Å². The Hall–Kier alpha value is -2.35. The van der Waals surface area contributed by atoms with Crippen molar-refractivity contribution in [1.82, 2.24) is 0 Å². The highest BCUT2D eigenvalue weighted by molar-refractivity contribution is 5.77. The van der Waals surface area contributed by atoms with Crippen molar-refractivity contribution in [2.75, 3.05) is 0 Å². The second kappa shape index (κ2) is 6.89. The minimum absolute atomic E-state index is 0.0783. The Balaban J connectivity index is 2.20. The largest absolute Gasteiger partial charge is 0.481 e. The van der Waals surface area contributed by atoms with Gasteiger partial charge in [0.2, 0.25) is 0 Å². The molecule has 0 heterocycles. The number of allylic oxidation sites excluding steroid dienone is 1. The highest BCUT2D eigenvalue weighted by atomic mass is 16.4. The Labute approximate surface area is 125 Å².